The molecule has 1 heterocycles. The first-order chi connectivity index (χ1) is 9.87. The van der Waals surface area contributed by atoms with E-state index < -0.39 is 13.9 Å². The number of fused-ring (bicyclic) bond motifs is 3. The quantitative estimate of drug-likeness (QED) is 0.719. The van der Waals surface area contributed by atoms with E-state index in [-0.39, 0.29) is 0 Å². The summed E-state index contributed by atoms with van der Waals surface area (Å²) < 4.78 is 16.4. The maximum atomic E-state index is 11.0. The van der Waals surface area contributed by atoms with E-state index in [9.17, 15) is 4.57 Å². The van der Waals surface area contributed by atoms with Gasteiger partial charge in [-0.1, -0.05) is 19.9 Å². The van der Waals surface area contributed by atoms with Crippen molar-refractivity contribution in [1.29, 1.82) is 0 Å². The number of thiazole rings is 1. The third-order valence-electron chi connectivity index (χ3n) is 3.54. The van der Waals surface area contributed by atoms with Crippen LogP contribution in [-0.4, -0.2) is 21.1 Å². The molecular weight excluding hydrogens is 309 g/mol. The van der Waals surface area contributed by atoms with Crippen molar-refractivity contribution in [2.45, 2.75) is 26.2 Å². The average molecular weight is 325 g/mol. The summed E-state index contributed by atoms with van der Waals surface area (Å²) in [4.78, 5) is 23.6. The van der Waals surface area contributed by atoms with Gasteiger partial charge in [0.2, 0.25) is 0 Å². The number of hydrogen-bond donors (Lipinski definition) is 2. The summed E-state index contributed by atoms with van der Waals surface area (Å²) in [6.07, 6.45) is 0.204. The Labute approximate surface area is 126 Å². The van der Waals surface area contributed by atoms with Crippen molar-refractivity contribution < 1.29 is 19.1 Å². The fourth-order valence-electron chi connectivity index (χ4n) is 2.67. The summed E-state index contributed by atoms with van der Waals surface area (Å²) in [5, 5.41) is 0. The molecule has 21 heavy (non-hydrogen) atoms. The highest BCUT2D eigenvalue weighted by atomic mass is 32.1. The summed E-state index contributed by atoms with van der Waals surface area (Å²) in [6, 6.07) is 3.77. The second kappa shape index (κ2) is 5.21. The minimum absolute atomic E-state index is 0.378. The zero-order valence-corrected chi connectivity index (χ0v) is 13.4. The lowest BCUT2D eigenvalue weighted by Crippen LogP contribution is -2.02. The zero-order valence-electron chi connectivity index (χ0n) is 11.7. The highest BCUT2D eigenvalue weighted by Crippen LogP contribution is 2.47. The molecule has 7 heteroatoms. The molecule has 0 bridgehead atoms. The number of hydrogen-bond acceptors (Lipinski definition) is 4. The van der Waals surface area contributed by atoms with Gasteiger partial charge in [0.05, 0.1) is 11.2 Å². The van der Waals surface area contributed by atoms with Crippen LogP contribution in [0.1, 0.15) is 35.8 Å². The van der Waals surface area contributed by atoms with Crippen molar-refractivity contribution in [3.63, 3.8) is 0 Å². The Morgan fingerprint density at radius 3 is 2.86 bits per heavy atom. The third kappa shape index (κ3) is 2.77. The normalized spacial score (nSPS) is 13.4. The van der Waals surface area contributed by atoms with E-state index in [0.717, 1.165) is 17.7 Å². The van der Waals surface area contributed by atoms with E-state index in [1.54, 1.807) is 22.9 Å². The van der Waals surface area contributed by atoms with Gasteiger partial charge >= 0.3 is 7.60 Å². The molecule has 5 nitrogen and oxygen atoms in total. The largest absolute Gasteiger partial charge is 0.480 e. The molecule has 2 N–H and O–H groups in total. The lowest BCUT2D eigenvalue weighted by molar-refractivity contribution is 0.301. The minimum atomic E-state index is -4.20. The van der Waals surface area contributed by atoms with Crippen LogP contribution < -0.4 is 4.74 Å². The van der Waals surface area contributed by atoms with Gasteiger partial charge in [0.1, 0.15) is 5.75 Å². The Balaban J connectivity index is 2.08. The molecule has 0 saturated carbocycles. The molecule has 3 rings (SSSR count). The second-order valence-corrected chi connectivity index (χ2v) is 7.93. The Bertz CT molecular complexity index is 735. The summed E-state index contributed by atoms with van der Waals surface area (Å²) in [5.41, 5.74) is 5.98. The van der Waals surface area contributed by atoms with Crippen LogP contribution in [0.15, 0.2) is 17.6 Å². The number of ether oxygens (including phenoxy) is 1. The molecule has 0 fully saturated rings. The van der Waals surface area contributed by atoms with E-state index in [1.165, 1.54) is 16.0 Å². The van der Waals surface area contributed by atoms with Crippen LogP contribution in [0.4, 0.5) is 0 Å². The Kier molecular flexibility index (Phi) is 3.66. The summed E-state index contributed by atoms with van der Waals surface area (Å²) in [7, 11) is -4.20. The van der Waals surface area contributed by atoms with Gasteiger partial charge in [-0.25, -0.2) is 4.98 Å². The first kappa shape index (κ1) is 14.7. The maximum Gasteiger partial charge on any atom is 0.362 e. The SMILES string of the molecule is CC(C)c1ccc(OCP(=O)(O)O)c2c1Cc1scnc1-2. The van der Waals surface area contributed by atoms with Crippen LogP contribution in [0.5, 0.6) is 5.75 Å². The molecule has 1 aliphatic carbocycles. The van der Waals surface area contributed by atoms with Crippen molar-refractivity contribution in [2.75, 3.05) is 6.35 Å². The molecule has 1 aromatic heterocycles. The topological polar surface area (TPSA) is 79.7 Å². The second-order valence-electron chi connectivity index (χ2n) is 5.40. The lowest BCUT2D eigenvalue weighted by Gasteiger charge is -2.16. The predicted molar refractivity (Wildman–Crippen MR) is 82.0 cm³/mol. The maximum absolute atomic E-state index is 11.0. The Morgan fingerprint density at radius 2 is 2.19 bits per heavy atom. The van der Waals surface area contributed by atoms with Gasteiger partial charge in [-0.05, 0) is 23.1 Å². The van der Waals surface area contributed by atoms with Gasteiger partial charge in [-0.3, -0.25) is 4.57 Å². The molecule has 1 aromatic carbocycles. The summed E-state index contributed by atoms with van der Waals surface area (Å²) in [5.74, 6) is 0.881. The van der Waals surface area contributed by atoms with Crippen LogP contribution in [0.3, 0.4) is 0 Å². The van der Waals surface area contributed by atoms with E-state index >= 15 is 0 Å². The molecule has 0 spiro atoms. The van der Waals surface area contributed by atoms with E-state index in [4.69, 9.17) is 14.5 Å². The molecule has 0 atom stereocenters. The molecule has 112 valence electrons. The predicted octanol–water partition coefficient (Wildman–Crippen LogP) is 3.35. The number of rotatable bonds is 4. The monoisotopic (exact) mass is 325 g/mol. The number of aromatic nitrogens is 1. The first-order valence-corrected chi connectivity index (χ1v) is 9.30. The molecule has 0 aliphatic heterocycles. The summed E-state index contributed by atoms with van der Waals surface area (Å²) >= 11 is 1.60. The zero-order chi connectivity index (χ0) is 15.2. The van der Waals surface area contributed by atoms with Crippen LogP contribution in [0.25, 0.3) is 11.3 Å². The Hall–Kier alpha value is -1.20. The molecule has 0 radical (unpaired) electrons. The van der Waals surface area contributed by atoms with Crippen molar-refractivity contribution in [3.05, 3.63) is 33.6 Å². The van der Waals surface area contributed by atoms with Crippen molar-refractivity contribution in [1.82, 2.24) is 4.98 Å². The standard InChI is InChI=1S/C14H16NO4PS/c1-8(2)9-3-4-11(19-7-20(16,17)18)13-10(9)5-12-14(13)15-6-21-12/h3-4,6,8H,5,7H2,1-2H3,(H2,16,17,18). The fraction of sp³-hybridized carbons (Fsp3) is 0.357. The number of benzene rings is 1. The van der Waals surface area contributed by atoms with Gasteiger partial charge < -0.3 is 14.5 Å². The fourth-order valence-corrected chi connectivity index (χ4v) is 3.75. The highest BCUT2D eigenvalue weighted by Gasteiger charge is 2.29. The van der Waals surface area contributed by atoms with E-state index in [1.807, 2.05) is 6.07 Å². The van der Waals surface area contributed by atoms with Gasteiger partial charge in [0.25, 0.3) is 0 Å². The third-order valence-corrected chi connectivity index (χ3v) is 4.83. The Morgan fingerprint density at radius 1 is 1.43 bits per heavy atom. The van der Waals surface area contributed by atoms with Crippen molar-refractivity contribution in [2.24, 2.45) is 0 Å². The van der Waals surface area contributed by atoms with E-state index in [0.29, 0.717) is 11.7 Å². The van der Waals surface area contributed by atoms with Gasteiger partial charge in [0.15, 0.2) is 6.35 Å². The van der Waals surface area contributed by atoms with Gasteiger partial charge in [-0.2, -0.15) is 0 Å². The minimum Gasteiger partial charge on any atom is -0.480 e. The van der Waals surface area contributed by atoms with Crippen LogP contribution in [0, 0.1) is 0 Å². The average Bonchev–Trinajstić information content (AvgIpc) is 2.94. The van der Waals surface area contributed by atoms with Crippen LogP contribution >= 0.6 is 18.9 Å². The highest BCUT2D eigenvalue weighted by molar-refractivity contribution is 7.51. The smallest absolute Gasteiger partial charge is 0.362 e. The summed E-state index contributed by atoms with van der Waals surface area (Å²) in [6.45, 7) is 4.26. The van der Waals surface area contributed by atoms with Gasteiger partial charge in [-0.15, -0.1) is 11.3 Å². The van der Waals surface area contributed by atoms with E-state index in [2.05, 4.69) is 18.8 Å². The molecule has 1 aliphatic rings. The van der Waals surface area contributed by atoms with Gasteiger partial charge in [0, 0.05) is 16.9 Å². The van der Waals surface area contributed by atoms with Crippen LogP contribution in [-0.2, 0) is 11.0 Å². The molecular formula is C14H16NO4PS. The first-order valence-electron chi connectivity index (χ1n) is 6.62. The lowest BCUT2D eigenvalue weighted by atomic mass is 9.93. The molecule has 0 unspecified atom stereocenters. The van der Waals surface area contributed by atoms with Crippen molar-refractivity contribution in [3.8, 4) is 17.0 Å². The molecule has 0 saturated heterocycles. The molecule has 0 amide bonds. The molecule has 2 aromatic rings. The number of nitrogens with zero attached hydrogens (tertiary/aromatic N) is 1. The van der Waals surface area contributed by atoms with Crippen molar-refractivity contribution >= 4 is 18.9 Å². The van der Waals surface area contributed by atoms with Crippen LogP contribution in [0.2, 0.25) is 0 Å².